The predicted octanol–water partition coefficient (Wildman–Crippen LogP) is 2.58. The number of esters is 1. The van der Waals surface area contributed by atoms with Crippen molar-refractivity contribution in [3.8, 4) is 0 Å². The van der Waals surface area contributed by atoms with Crippen LogP contribution in [-0.2, 0) is 15.7 Å². The van der Waals surface area contributed by atoms with Gasteiger partial charge in [-0.1, -0.05) is 6.07 Å². The highest BCUT2D eigenvalue weighted by atomic mass is 19.4. The van der Waals surface area contributed by atoms with Crippen LogP contribution in [0.25, 0.3) is 0 Å². The lowest BCUT2D eigenvalue weighted by molar-refractivity contribution is -0.138. The fourth-order valence-corrected chi connectivity index (χ4v) is 4.38. The summed E-state index contributed by atoms with van der Waals surface area (Å²) in [6, 6.07) is 3.64. The predicted molar refractivity (Wildman–Crippen MR) is 122 cm³/mol. The van der Waals surface area contributed by atoms with E-state index < -0.39 is 34.7 Å². The molecule has 1 aliphatic heterocycles. The summed E-state index contributed by atoms with van der Waals surface area (Å²) in [6.07, 6.45) is 1.65. The number of amides is 2. The maximum Gasteiger partial charge on any atom is 0.417 e. The lowest BCUT2D eigenvalue weighted by Gasteiger charge is -2.35. The molecule has 2 aromatic rings. The number of nitrogens with zero attached hydrogens (tertiary/aromatic N) is 3. The van der Waals surface area contributed by atoms with E-state index in [-0.39, 0.29) is 23.1 Å². The number of rotatable bonds is 7. The van der Waals surface area contributed by atoms with Crippen LogP contribution in [0.1, 0.15) is 52.0 Å². The molecule has 2 aliphatic rings. The molecule has 9 nitrogen and oxygen atoms in total. The Bertz CT molecular complexity index is 1130. The summed E-state index contributed by atoms with van der Waals surface area (Å²) in [5, 5.41) is 5.67. The number of alkyl halides is 3. The lowest BCUT2D eigenvalue weighted by atomic mass is 9.94. The van der Waals surface area contributed by atoms with Gasteiger partial charge >= 0.3 is 12.1 Å². The third-order valence-electron chi connectivity index (χ3n) is 6.60. The summed E-state index contributed by atoms with van der Waals surface area (Å²) >= 11 is 0. The van der Waals surface area contributed by atoms with E-state index in [4.69, 9.17) is 0 Å². The van der Waals surface area contributed by atoms with Crippen molar-refractivity contribution in [3.63, 3.8) is 0 Å². The summed E-state index contributed by atoms with van der Waals surface area (Å²) < 4.78 is 45.2. The molecule has 1 aliphatic carbocycles. The van der Waals surface area contributed by atoms with E-state index in [9.17, 15) is 27.6 Å². The van der Waals surface area contributed by atoms with Gasteiger partial charge in [-0.15, -0.1) is 0 Å². The number of ether oxygens (including phenoxy) is 1. The molecule has 0 radical (unpaired) electrons. The van der Waals surface area contributed by atoms with E-state index in [1.54, 1.807) is 4.90 Å². The largest absolute Gasteiger partial charge is 0.465 e. The van der Waals surface area contributed by atoms with Crippen molar-refractivity contribution in [1.82, 2.24) is 20.6 Å². The molecule has 2 heterocycles. The van der Waals surface area contributed by atoms with Gasteiger partial charge in [0.15, 0.2) is 0 Å². The van der Waals surface area contributed by atoms with Crippen molar-refractivity contribution >= 4 is 23.5 Å². The van der Waals surface area contributed by atoms with Gasteiger partial charge in [-0.2, -0.15) is 13.2 Å². The van der Waals surface area contributed by atoms with Gasteiger partial charge in [0.05, 0.1) is 29.5 Å². The van der Waals surface area contributed by atoms with Crippen molar-refractivity contribution < 1.29 is 32.3 Å². The fourth-order valence-electron chi connectivity index (χ4n) is 4.38. The molecule has 0 unspecified atom stereocenters. The number of anilines is 1. The highest BCUT2D eigenvalue weighted by Crippen LogP contribution is 2.38. The van der Waals surface area contributed by atoms with Gasteiger partial charge in [0.25, 0.3) is 5.91 Å². The molecule has 0 bridgehead atoms. The van der Waals surface area contributed by atoms with E-state index in [0.717, 1.165) is 13.2 Å². The topological polar surface area (TPSA) is 114 Å². The number of hydrogen-bond acceptors (Lipinski definition) is 7. The van der Waals surface area contributed by atoms with Crippen molar-refractivity contribution in [1.29, 1.82) is 0 Å². The summed E-state index contributed by atoms with van der Waals surface area (Å²) in [7, 11) is 1.05. The number of benzene rings is 1. The normalized spacial score (nSPS) is 17.3. The summed E-state index contributed by atoms with van der Waals surface area (Å²) in [4.78, 5) is 46.7. The van der Waals surface area contributed by atoms with Crippen molar-refractivity contribution in [2.45, 2.75) is 37.4 Å². The zero-order valence-electron chi connectivity index (χ0n) is 19.6. The maximum absolute atomic E-state index is 13.5. The highest BCUT2D eigenvalue weighted by molar-refractivity contribution is 6.00. The molecule has 0 spiro atoms. The van der Waals surface area contributed by atoms with E-state index in [0.29, 0.717) is 45.3 Å². The Hall–Kier alpha value is -3.70. The van der Waals surface area contributed by atoms with Crippen LogP contribution in [0.15, 0.2) is 36.9 Å². The molecule has 0 atom stereocenters. The first-order valence-corrected chi connectivity index (χ1v) is 11.5. The molecule has 12 heteroatoms. The van der Waals surface area contributed by atoms with Crippen LogP contribution in [0.2, 0.25) is 0 Å². The Morgan fingerprint density at radius 2 is 1.81 bits per heavy atom. The second kappa shape index (κ2) is 10.1. The van der Waals surface area contributed by atoms with Gasteiger partial charge in [-0.3, -0.25) is 9.59 Å². The highest BCUT2D eigenvalue weighted by Gasteiger charge is 2.51. The van der Waals surface area contributed by atoms with Gasteiger partial charge < -0.3 is 20.3 Å². The second-order valence-electron chi connectivity index (χ2n) is 8.99. The molecular formula is C24H26F3N5O4. The van der Waals surface area contributed by atoms with Crippen LogP contribution in [0.4, 0.5) is 18.9 Å². The Labute approximate surface area is 205 Å². The average molecular weight is 505 g/mol. The summed E-state index contributed by atoms with van der Waals surface area (Å²) in [6.45, 7) is 1.22. The molecule has 2 fully saturated rings. The molecule has 1 saturated carbocycles. The zero-order chi connectivity index (χ0) is 25.9. The van der Waals surface area contributed by atoms with Crippen molar-refractivity contribution in [2.24, 2.45) is 5.92 Å². The summed E-state index contributed by atoms with van der Waals surface area (Å²) in [5.41, 5.74) is -2.01. The molecule has 192 valence electrons. The zero-order valence-corrected chi connectivity index (χ0v) is 19.6. The minimum atomic E-state index is -4.69. The Morgan fingerprint density at radius 3 is 2.39 bits per heavy atom. The van der Waals surface area contributed by atoms with Crippen LogP contribution in [0.3, 0.4) is 0 Å². The second-order valence-corrected chi connectivity index (χ2v) is 8.99. The number of piperidine rings is 1. The SMILES string of the molecule is COC(=O)c1c(N2CCC(CNC(=O)C3(NC(=O)c4cncnc4)CC3)CC2)cccc1C(F)(F)F. The Morgan fingerprint density at radius 1 is 1.14 bits per heavy atom. The molecule has 36 heavy (non-hydrogen) atoms. The number of hydrogen-bond donors (Lipinski definition) is 2. The molecule has 1 aromatic heterocycles. The standard InChI is InChI=1S/C24H26F3N5O4/c1-36-21(34)19-17(24(25,26)27)3-2-4-18(19)32-9-5-15(6-10-32)11-30-22(35)23(7-8-23)31-20(33)16-12-28-14-29-13-16/h2-4,12-15H,5-11H2,1H3,(H,30,35)(H,31,33). The first kappa shape index (κ1) is 25.4. The van der Waals surface area contributed by atoms with E-state index in [1.807, 2.05) is 0 Å². The van der Waals surface area contributed by atoms with Crippen molar-refractivity contribution in [2.75, 3.05) is 31.6 Å². The Kier molecular flexibility index (Phi) is 7.14. The minimum absolute atomic E-state index is 0.103. The van der Waals surface area contributed by atoms with E-state index in [1.165, 1.54) is 30.9 Å². The van der Waals surface area contributed by atoms with Gasteiger partial charge in [-0.05, 0) is 43.7 Å². The molecule has 1 aromatic carbocycles. The molecule has 1 saturated heterocycles. The third-order valence-corrected chi connectivity index (χ3v) is 6.60. The quantitative estimate of drug-likeness (QED) is 0.556. The molecular weight excluding hydrogens is 479 g/mol. The van der Waals surface area contributed by atoms with Gasteiger partial charge in [0.1, 0.15) is 11.9 Å². The first-order chi connectivity index (χ1) is 17.1. The van der Waals surface area contributed by atoms with Crippen LogP contribution in [-0.4, -0.2) is 60.0 Å². The minimum Gasteiger partial charge on any atom is -0.465 e. The van der Waals surface area contributed by atoms with Crippen LogP contribution in [0, 0.1) is 5.92 Å². The maximum atomic E-state index is 13.5. The van der Waals surface area contributed by atoms with Crippen LogP contribution < -0.4 is 15.5 Å². The number of carbonyl (C=O) groups excluding carboxylic acids is 3. The van der Waals surface area contributed by atoms with Crippen LogP contribution in [0.5, 0.6) is 0 Å². The number of aromatic nitrogens is 2. The smallest absolute Gasteiger partial charge is 0.417 e. The Balaban J connectivity index is 1.34. The number of methoxy groups -OCH3 is 1. The first-order valence-electron chi connectivity index (χ1n) is 11.5. The third kappa shape index (κ3) is 5.42. The van der Waals surface area contributed by atoms with Gasteiger partial charge in [-0.25, -0.2) is 14.8 Å². The fraction of sp³-hybridized carbons (Fsp3) is 0.458. The molecule has 2 amide bonds. The van der Waals surface area contributed by atoms with Crippen molar-refractivity contribution in [3.05, 3.63) is 53.6 Å². The van der Waals surface area contributed by atoms with E-state index >= 15 is 0 Å². The molecule has 4 rings (SSSR count). The number of nitrogens with one attached hydrogen (secondary N) is 2. The van der Waals surface area contributed by atoms with E-state index in [2.05, 4.69) is 25.3 Å². The lowest BCUT2D eigenvalue weighted by Crippen LogP contribution is -2.50. The number of carbonyl (C=O) groups is 3. The number of halogens is 3. The average Bonchev–Trinajstić information content (AvgIpc) is 3.67. The summed E-state index contributed by atoms with van der Waals surface area (Å²) in [5.74, 6) is -1.61. The van der Waals surface area contributed by atoms with Gasteiger partial charge in [0.2, 0.25) is 5.91 Å². The molecule has 2 N–H and O–H groups in total. The van der Waals surface area contributed by atoms with Crippen LogP contribution >= 0.6 is 0 Å². The van der Waals surface area contributed by atoms with Gasteiger partial charge in [0, 0.05) is 32.0 Å². The monoisotopic (exact) mass is 505 g/mol.